The Bertz CT molecular complexity index is 954. The Labute approximate surface area is 163 Å². The van der Waals surface area contributed by atoms with Crippen molar-refractivity contribution in [2.75, 3.05) is 6.54 Å². The van der Waals surface area contributed by atoms with Gasteiger partial charge in [-0.3, -0.25) is 9.59 Å². The summed E-state index contributed by atoms with van der Waals surface area (Å²) >= 11 is 0. The fourth-order valence-electron chi connectivity index (χ4n) is 2.84. The first-order chi connectivity index (χ1) is 13.7. The number of carbonyl (C=O) groups excluding carboxylic acids is 2. The second-order valence-corrected chi connectivity index (χ2v) is 6.21. The maximum absolute atomic E-state index is 12.6. The number of fused-ring (bicyclic) bond motifs is 1. The predicted molar refractivity (Wildman–Crippen MR) is 92.7 cm³/mol. The van der Waals surface area contributed by atoms with E-state index < -0.39 is 44.0 Å². The van der Waals surface area contributed by atoms with Crippen molar-refractivity contribution in [2.45, 2.75) is 26.3 Å². The van der Waals surface area contributed by atoms with E-state index in [0.29, 0.717) is 17.1 Å². The van der Waals surface area contributed by atoms with Gasteiger partial charge >= 0.3 is 19.3 Å². The monoisotopic (exact) mass is 409 g/mol. The summed E-state index contributed by atoms with van der Waals surface area (Å²) in [5.41, 5.74) is 0.796. The molecule has 0 atom stereocenters. The lowest BCUT2D eigenvalue weighted by atomic mass is 9.75. The van der Waals surface area contributed by atoms with Crippen LogP contribution in [-0.2, 0) is 33.6 Å². The molecule has 0 fully saturated rings. The van der Waals surface area contributed by atoms with Crippen molar-refractivity contribution < 1.29 is 37.2 Å². The normalized spacial score (nSPS) is 13.2. The number of hydrogen-bond donors (Lipinski definition) is 2. The van der Waals surface area contributed by atoms with E-state index in [9.17, 15) is 27.8 Å². The van der Waals surface area contributed by atoms with E-state index in [4.69, 9.17) is 9.39 Å². The van der Waals surface area contributed by atoms with Gasteiger partial charge in [0, 0.05) is 5.56 Å². The Balaban J connectivity index is 1.55. The van der Waals surface area contributed by atoms with Crippen LogP contribution in [0, 0.1) is 6.92 Å². The first-order valence-corrected chi connectivity index (χ1v) is 8.41. The summed E-state index contributed by atoms with van der Waals surface area (Å²) in [5.74, 6) is -1.42. The molecule has 2 N–H and O–H groups in total. The van der Waals surface area contributed by atoms with Crippen LogP contribution >= 0.6 is 0 Å². The quantitative estimate of drug-likeness (QED) is 0.547. The summed E-state index contributed by atoms with van der Waals surface area (Å²) in [5, 5.41) is 12.2. The maximum Gasteiger partial charge on any atom is 0.492 e. The van der Waals surface area contributed by atoms with Crippen LogP contribution in [0.15, 0.2) is 24.5 Å². The smallest absolute Gasteiger partial charge is 0.458 e. The van der Waals surface area contributed by atoms with Gasteiger partial charge in [-0.1, -0.05) is 6.07 Å². The highest BCUT2D eigenvalue weighted by Crippen LogP contribution is 2.27. The summed E-state index contributed by atoms with van der Waals surface area (Å²) in [4.78, 5) is 30.8. The fraction of sp³-hybridized carbons (Fsp3) is 0.294. The van der Waals surface area contributed by atoms with Crippen molar-refractivity contribution in [3.8, 4) is 0 Å². The van der Waals surface area contributed by atoms with E-state index in [-0.39, 0.29) is 17.9 Å². The van der Waals surface area contributed by atoms with Crippen molar-refractivity contribution in [3.63, 3.8) is 0 Å². The Morgan fingerprint density at radius 2 is 2.10 bits per heavy atom. The lowest BCUT2D eigenvalue weighted by Crippen LogP contribution is -2.35. The molecule has 2 aromatic rings. The summed E-state index contributed by atoms with van der Waals surface area (Å²) < 4.78 is 47.8. The zero-order valence-corrected chi connectivity index (χ0v) is 15.1. The van der Waals surface area contributed by atoms with Gasteiger partial charge in [0.15, 0.2) is 0 Å². The van der Waals surface area contributed by atoms with Gasteiger partial charge in [-0.25, -0.2) is 9.97 Å². The molecule has 0 bridgehead atoms. The number of nitrogens with zero attached hydrogens (tertiary/aromatic N) is 2. The third-order valence-electron chi connectivity index (χ3n) is 4.28. The van der Waals surface area contributed by atoms with Gasteiger partial charge in [-0.05, 0) is 35.6 Å². The van der Waals surface area contributed by atoms with E-state index in [2.05, 4.69) is 15.3 Å². The Hall–Kier alpha value is -2.99. The second-order valence-electron chi connectivity index (χ2n) is 6.21. The minimum absolute atomic E-state index is 0.129. The number of alkyl halides is 3. The number of hydrogen-bond acceptors (Lipinski definition) is 7. The molecule has 2 heterocycles. The molecule has 0 unspecified atom stereocenters. The highest BCUT2D eigenvalue weighted by atomic mass is 19.4. The van der Waals surface area contributed by atoms with Crippen LogP contribution in [0.25, 0.3) is 0 Å². The van der Waals surface area contributed by atoms with Gasteiger partial charge in [0.25, 0.3) is 5.91 Å². The number of aromatic nitrogens is 2. The van der Waals surface area contributed by atoms with Gasteiger partial charge in [0.05, 0.1) is 12.3 Å². The van der Waals surface area contributed by atoms with Crippen LogP contribution in [0.1, 0.15) is 32.9 Å². The summed E-state index contributed by atoms with van der Waals surface area (Å²) in [7, 11) is -1.11. The van der Waals surface area contributed by atoms with Gasteiger partial charge in [-0.15, -0.1) is 0 Å². The summed E-state index contributed by atoms with van der Waals surface area (Å²) in [6.45, 7) is 0.898. The molecule has 0 saturated carbocycles. The Kier molecular flexibility index (Phi) is 5.85. The van der Waals surface area contributed by atoms with Crippen molar-refractivity contribution >= 4 is 24.5 Å². The summed E-state index contributed by atoms with van der Waals surface area (Å²) in [6.07, 6.45) is -3.91. The first-order valence-electron chi connectivity index (χ1n) is 8.41. The third kappa shape index (κ3) is 4.71. The fourth-order valence-corrected chi connectivity index (χ4v) is 2.84. The average molecular weight is 409 g/mol. The molecule has 1 aliphatic rings. The molecule has 152 valence electrons. The van der Waals surface area contributed by atoms with Crippen molar-refractivity contribution in [3.05, 3.63) is 52.6 Å². The zero-order valence-electron chi connectivity index (χ0n) is 15.1. The number of benzene rings is 1. The third-order valence-corrected chi connectivity index (χ3v) is 4.28. The van der Waals surface area contributed by atoms with Gasteiger partial charge in [0.2, 0.25) is 0 Å². The lowest BCUT2D eigenvalue weighted by molar-refractivity contribution is -0.143. The minimum Gasteiger partial charge on any atom is -0.458 e. The molecule has 8 nitrogen and oxygen atoms in total. The van der Waals surface area contributed by atoms with E-state index in [0.717, 1.165) is 11.9 Å². The van der Waals surface area contributed by atoms with Crippen molar-refractivity contribution in [1.29, 1.82) is 0 Å². The highest BCUT2D eigenvalue weighted by molar-refractivity contribution is 6.62. The number of rotatable bonds is 5. The van der Waals surface area contributed by atoms with Gasteiger partial charge in [-0.2, -0.15) is 13.2 Å². The van der Waals surface area contributed by atoms with Crippen LogP contribution < -0.4 is 10.8 Å². The molecule has 3 rings (SSSR count). The van der Waals surface area contributed by atoms with Crippen molar-refractivity contribution in [2.24, 2.45) is 0 Å². The number of amides is 1. The molecule has 29 heavy (non-hydrogen) atoms. The predicted octanol–water partition coefficient (Wildman–Crippen LogP) is 0.495. The lowest BCUT2D eigenvalue weighted by Gasteiger charge is -2.11. The van der Waals surface area contributed by atoms with E-state index in [1.54, 1.807) is 19.1 Å². The summed E-state index contributed by atoms with van der Waals surface area (Å²) in [6, 6.07) is 3.88. The Morgan fingerprint density at radius 3 is 2.83 bits per heavy atom. The van der Waals surface area contributed by atoms with Crippen LogP contribution in [0.2, 0.25) is 0 Å². The van der Waals surface area contributed by atoms with Gasteiger partial charge in [0.1, 0.15) is 25.2 Å². The number of nitrogens with one attached hydrogen (secondary N) is 1. The number of esters is 1. The van der Waals surface area contributed by atoms with E-state index in [1.807, 2.05) is 0 Å². The molecule has 1 aromatic heterocycles. The average Bonchev–Trinajstić information content (AvgIpc) is 3.06. The minimum atomic E-state index is -4.64. The molecule has 1 amide bonds. The molecule has 12 heteroatoms. The molecule has 0 spiro atoms. The van der Waals surface area contributed by atoms with Crippen LogP contribution in [0.5, 0.6) is 0 Å². The molecule has 1 aromatic carbocycles. The maximum atomic E-state index is 12.6. The second kappa shape index (κ2) is 8.17. The van der Waals surface area contributed by atoms with Gasteiger partial charge < -0.3 is 19.7 Å². The van der Waals surface area contributed by atoms with E-state index >= 15 is 0 Å². The van der Waals surface area contributed by atoms with Crippen LogP contribution in [0.3, 0.4) is 0 Å². The molecule has 1 aliphatic heterocycles. The van der Waals surface area contributed by atoms with E-state index in [1.165, 1.54) is 0 Å². The first kappa shape index (κ1) is 20.7. The molecular formula is C17H15BF3N3O5. The number of halogens is 3. The standard InChI is InChI=1S/C17H15BF3N3O5/c1-9-12(3-2-10-6-29-18(27)15(9)10)16(26)22-5-14(25)28-7-11-4-13(17(19,20)21)24-8-23-11/h2-4,8,27H,5-7H2,1H3,(H,22,26). The zero-order chi connectivity index (χ0) is 21.2. The highest BCUT2D eigenvalue weighted by Gasteiger charge is 2.33. The molecule has 0 radical (unpaired) electrons. The molecule has 0 saturated heterocycles. The van der Waals surface area contributed by atoms with Crippen LogP contribution in [0.4, 0.5) is 13.2 Å². The SMILES string of the molecule is Cc1c(C(=O)NCC(=O)OCc2cc(C(F)(F)F)ncn2)ccc2c1B(O)OC2. The number of carbonyl (C=O) groups is 2. The van der Waals surface area contributed by atoms with Crippen LogP contribution in [-0.4, -0.2) is 40.5 Å². The topological polar surface area (TPSA) is 111 Å². The Morgan fingerprint density at radius 1 is 1.34 bits per heavy atom. The number of ether oxygens (including phenoxy) is 1. The largest absolute Gasteiger partial charge is 0.492 e. The van der Waals surface area contributed by atoms with Crippen molar-refractivity contribution in [1.82, 2.24) is 15.3 Å². The molecule has 0 aliphatic carbocycles. The molecular weight excluding hydrogens is 394 g/mol.